The molecule has 3 heterocycles. The second kappa shape index (κ2) is 8.90. The van der Waals surface area contributed by atoms with Crippen molar-refractivity contribution in [3.05, 3.63) is 46.5 Å². The molecule has 5 rings (SSSR count). The summed E-state index contributed by atoms with van der Waals surface area (Å²) in [7, 11) is 3.37. The number of ether oxygens (including phenoxy) is 1. The fraction of sp³-hybridized carbons (Fsp3) is 0.435. The van der Waals surface area contributed by atoms with Crippen molar-refractivity contribution in [3.63, 3.8) is 0 Å². The maximum atomic E-state index is 13.1. The van der Waals surface area contributed by atoms with Gasteiger partial charge in [0.15, 0.2) is 11.4 Å². The zero-order valence-corrected chi connectivity index (χ0v) is 19.1. The third kappa shape index (κ3) is 3.81. The van der Waals surface area contributed by atoms with Gasteiger partial charge in [0.05, 0.1) is 24.4 Å². The van der Waals surface area contributed by atoms with Crippen LogP contribution in [0.25, 0.3) is 5.65 Å². The van der Waals surface area contributed by atoms with Crippen LogP contribution in [0, 0.1) is 0 Å². The summed E-state index contributed by atoms with van der Waals surface area (Å²) >= 11 is 0. The van der Waals surface area contributed by atoms with Crippen LogP contribution in [-0.2, 0) is 9.53 Å². The maximum Gasteiger partial charge on any atom is 0.274 e. The average molecular weight is 466 g/mol. The van der Waals surface area contributed by atoms with Crippen LogP contribution < -0.4 is 21.5 Å². The summed E-state index contributed by atoms with van der Waals surface area (Å²) in [4.78, 5) is 42.8. The van der Waals surface area contributed by atoms with E-state index in [1.54, 1.807) is 38.6 Å². The first-order chi connectivity index (χ1) is 16.5. The normalized spacial score (nSPS) is 21.9. The molecule has 2 fully saturated rings. The molecule has 3 N–H and O–H groups in total. The number of nitrogens with one attached hydrogen (secondary N) is 3. The van der Waals surface area contributed by atoms with Gasteiger partial charge in [0.1, 0.15) is 22.9 Å². The summed E-state index contributed by atoms with van der Waals surface area (Å²) < 4.78 is 8.39. The number of carbonyl (C=O) groups is 2. The molecule has 3 aromatic rings. The van der Waals surface area contributed by atoms with Crippen LogP contribution in [0.3, 0.4) is 0 Å². The van der Waals surface area contributed by atoms with Crippen LogP contribution in [0.5, 0.6) is 0 Å². The molecular formula is C23H27N7O4. The van der Waals surface area contributed by atoms with Gasteiger partial charge >= 0.3 is 0 Å². The quantitative estimate of drug-likeness (QED) is 0.482. The number of anilines is 3. The van der Waals surface area contributed by atoms with E-state index in [0.29, 0.717) is 41.4 Å². The topological polar surface area (TPSA) is 132 Å². The van der Waals surface area contributed by atoms with Crippen molar-refractivity contribution in [1.29, 1.82) is 0 Å². The maximum absolute atomic E-state index is 13.1. The van der Waals surface area contributed by atoms with Gasteiger partial charge in [0.25, 0.3) is 11.5 Å². The Labute approximate surface area is 195 Å². The van der Waals surface area contributed by atoms with Gasteiger partial charge in [-0.2, -0.15) is 9.61 Å². The Morgan fingerprint density at radius 1 is 1.24 bits per heavy atom. The minimum Gasteiger partial charge on any atom is -0.379 e. The van der Waals surface area contributed by atoms with Crippen LogP contribution in [-0.4, -0.2) is 57.2 Å². The number of aromatic nitrogens is 4. The van der Waals surface area contributed by atoms with Gasteiger partial charge in [-0.3, -0.25) is 14.4 Å². The van der Waals surface area contributed by atoms with Crippen molar-refractivity contribution in [2.45, 2.75) is 50.3 Å². The molecule has 1 amide bonds. The predicted molar refractivity (Wildman–Crippen MR) is 126 cm³/mol. The van der Waals surface area contributed by atoms with E-state index < -0.39 is 6.04 Å². The summed E-state index contributed by atoms with van der Waals surface area (Å²) in [6.45, 7) is 0. The molecule has 0 saturated heterocycles. The summed E-state index contributed by atoms with van der Waals surface area (Å²) in [5.41, 5.74) is 0.674. The van der Waals surface area contributed by atoms with Crippen LogP contribution >= 0.6 is 0 Å². The van der Waals surface area contributed by atoms with Gasteiger partial charge in [-0.05, 0) is 37.8 Å². The number of hydrogen-bond acceptors (Lipinski definition) is 8. The highest BCUT2D eigenvalue weighted by Crippen LogP contribution is 2.27. The molecule has 2 aliphatic rings. The van der Waals surface area contributed by atoms with Crippen molar-refractivity contribution in [2.24, 2.45) is 0 Å². The summed E-state index contributed by atoms with van der Waals surface area (Å²) in [5, 5.41) is 13.4. The molecule has 3 aromatic heterocycles. The molecule has 11 heteroatoms. The Balaban J connectivity index is 1.46. The van der Waals surface area contributed by atoms with E-state index in [1.165, 1.54) is 15.3 Å². The van der Waals surface area contributed by atoms with Gasteiger partial charge in [-0.15, -0.1) is 0 Å². The zero-order valence-electron chi connectivity index (χ0n) is 19.1. The Hall–Kier alpha value is -3.73. The molecule has 0 unspecified atom stereocenters. The minimum absolute atomic E-state index is 0.0100. The molecule has 0 aromatic carbocycles. The lowest BCUT2D eigenvalue weighted by Crippen LogP contribution is -2.51. The first kappa shape index (κ1) is 22.1. The lowest BCUT2D eigenvalue weighted by atomic mass is 9.89. The largest absolute Gasteiger partial charge is 0.379 e. The number of methoxy groups -OCH3 is 1. The molecule has 0 spiro atoms. The number of nitrogens with zero attached hydrogens (tertiary/aromatic N) is 4. The Bertz CT molecular complexity index is 1310. The van der Waals surface area contributed by atoms with E-state index in [-0.39, 0.29) is 29.4 Å². The van der Waals surface area contributed by atoms with Crippen molar-refractivity contribution < 1.29 is 14.3 Å². The van der Waals surface area contributed by atoms with Gasteiger partial charge in [0, 0.05) is 32.8 Å². The van der Waals surface area contributed by atoms with Crippen molar-refractivity contribution >= 4 is 34.7 Å². The molecule has 34 heavy (non-hydrogen) atoms. The number of hydrogen-bond donors (Lipinski definition) is 3. The molecule has 0 radical (unpaired) electrons. The highest BCUT2D eigenvalue weighted by atomic mass is 16.5. The van der Waals surface area contributed by atoms with Gasteiger partial charge in [0.2, 0.25) is 0 Å². The first-order valence-electron chi connectivity index (χ1n) is 11.4. The first-order valence-corrected chi connectivity index (χ1v) is 11.4. The van der Waals surface area contributed by atoms with Crippen LogP contribution in [0.4, 0.5) is 17.3 Å². The van der Waals surface area contributed by atoms with Crippen LogP contribution in [0.15, 0.2) is 35.4 Å². The van der Waals surface area contributed by atoms with E-state index in [1.807, 2.05) is 0 Å². The molecule has 11 nitrogen and oxygen atoms in total. The smallest absolute Gasteiger partial charge is 0.274 e. The van der Waals surface area contributed by atoms with Crippen LogP contribution in [0.1, 0.15) is 48.5 Å². The number of amides is 1. The second-order valence-corrected chi connectivity index (χ2v) is 8.64. The third-order valence-electron chi connectivity index (χ3n) is 6.65. The number of pyridine rings is 1. The van der Waals surface area contributed by atoms with Crippen LogP contribution in [0.2, 0.25) is 0 Å². The van der Waals surface area contributed by atoms with E-state index in [0.717, 1.165) is 19.3 Å². The van der Waals surface area contributed by atoms with E-state index in [9.17, 15) is 14.4 Å². The number of Topliss-reactive ketones (excluding diaryl/α,β-unsaturated/α-hetero) is 1. The highest BCUT2D eigenvalue weighted by molar-refractivity contribution is 6.00. The number of ketones is 1. The molecule has 2 aliphatic carbocycles. The lowest BCUT2D eigenvalue weighted by Gasteiger charge is -2.35. The number of carbonyl (C=O) groups excluding carboxylic acids is 2. The summed E-state index contributed by atoms with van der Waals surface area (Å²) in [6.07, 6.45) is 6.84. The summed E-state index contributed by atoms with van der Waals surface area (Å²) in [6, 6.07) is 4.61. The SMILES string of the molecule is CNc1cc(Nc2cccn([C@@H]3CCCC3=O)c2=O)nc2c(C(=O)N[C@H]3CC[C@@H]3OC)cnn12. The predicted octanol–water partition coefficient (Wildman–Crippen LogP) is 1.88. The zero-order chi connectivity index (χ0) is 23.8. The highest BCUT2D eigenvalue weighted by Gasteiger charge is 2.33. The molecule has 0 bridgehead atoms. The van der Waals surface area contributed by atoms with Gasteiger partial charge in [-0.25, -0.2) is 4.98 Å². The van der Waals surface area contributed by atoms with Crippen molar-refractivity contribution in [1.82, 2.24) is 24.5 Å². The molecule has 178 valence electrons. The molecular weight excluding hydrogens is 438 g/mol. The van der Waals surface area contributed by atoms with Gasteiger partial charge in [-0.1, -0.05) is 0 Å². The standard InChI is InChI=1S/C23H27N7O4/c1-24-20-11-19(26-15-5-4-10-29(23(15)33)16-6-3-7-17(16)31)28-21-13(12-25-30(20)21)22(32)27-14-8-9-18(14)34-2/h4-5,10-12,14,16,18,24H,3,6-9H2,1-2H3,(H,26,28)(H,27,32)/t14-,16+,18-/m0/s1. The Morgan fingerprint density at radius 3 is 2.76 bits per heavy atom. The van der Waals surface area contributed by atoms with E-state index in [4.69, 9.17) is 4.74 Å². The number of fused-ring (bicyclic) bond motifs is 1. The fourth-order valence-electron chi connectivity index (χ4n) is 4.61. The Morgan fingerprint density at radius 2 is 2.09 bits per heavy atom. The third-order valence-corrected chi connectivity index (χ3v) is 6.65. The monoisotopic (exact) mass is 465 g/mol. The van der Waals surface area contributed by atoms with Gasteiger partial charge < -0.3 is 25.3 Å². The number of rotatable bonds is 7. The second-order valence-electron chi connectivity index (χ2n) is 8.64. The fourth-order valence-corrected chi connectivity index (χ4v) is 4.61. The van der Waals surface area contributed by atoms with E-state index in [2.05, 4.69) is 26.0 Å². The minimum atomic E-state index is -0.426. The molecule has 3 atom stereocenters. The molecule has 2 saturated carbocycles. The average Bonchev–Trinajstić information content (AvgIpc) is 3.44. The summed E-state index contributed by atoms with van der Waals surface area (Å²) in [5.74, 6) is 0.758. The lowest BCUT2D eigenvalue weighted by molar-refractivity contribution is -0.120. The molecule has 0 aliphatic heterocycles. The van der Waals surface area contributed by atoms with Crippen molar-refractivity contribution in [3.8, 4) is 0 Å². The van der Waals surface area contributed by atoms with Crippen molar-refractivity contribution in [2.75, 3.05) is 24.8 Å². The Kier molecular flexibility index (Phi) is 5.78. The van der Waals surface area contributed by atoms with E-state index >= 15 is 0 Å².